The molecule has 1 N–H and O–H groups in total. The first kappa shape index (κ1) is 14.2. The number of rotatable bonds is 5. The first-order chi connectivity index (χ1) is 8.67. The molecule has 0 spiro atoms. The van der Waals surface area contributed by atoms with Crippen molar-refractivity contribution < 1.29 is 24.2 Å². The fourth-order valence-electron chi connectivity index (χ4n) is 1.21. The van der Waals surface area contributed by atoms with Crippen molar-refractivity contribution in [2.75, 3.05) is 20.8 Å². The summed E-state index contributed by atoms with van der Waals surface area (Å²) in [6, 6.07) is 0. The third kappa shape index (κ3) is 4.55. The molecule has 0 aromatic heterocycles. The van der Waals surface area contributed by atoms with Gasteiger partial charge in [0, 0.05) is 11.4 Å². The molecule has 0 aromatic rings. The zero-order valence-corrected chi connectivity index (χ0v) is 10.2. The van der Waals surface area contributed by atoms with Crippen LogP contribution in [0, 0.1) is 0 Å². The van der Waals surface area contributed by atoms with E-state index in [1.165, 1.54) is 14.2 Å². The van der Waals surface area contributed by atoms with Gasteiger partial charge in [0.1, 0.15) is 7.11 Å². The Kier molecular flexibility index (Phi) is 5.87. The van der Waals surface area contributed by atoms with Crippen molar-refractivity contribution in [1.82, 2.24) is 0 Å². The predicted octanol–water partition coefficient (Wildman–Crippen LogP) is 0.189. The number of esters is 1. The van der Waals surface area contributed by atoms with E-state index in [0.29, 0.717) is 0 Å². The molecular formula is C12H15NO5. The molecule has 0 fully saturated rings. The maximum Gasteiger partial charge on any atom is 0.337 e. The number of aliphatic hydroxyl groups excluding tert-OH is 1. The van der Waals surface area contributed by atoms with E-state index in [-0.39, 0.29) is 12.7 Å². The van der Waals surface area contributed by atoms with Crippen molar-refractivity contribution in [3.05, 3.63) is 29.9 Å². The van der Waals surface area contributed by atoms with Crippen LogP contribution in [0.3, 0.4) is 0 Å². The molecule has 18 heavy (non-hydrogen) atoms. The van der Waals surface area contributed by atoms with Gasteiger partial charge in [0.2, 0.25) is 0 Å². The van der Waals surface area contributed by atoms with Gasteiger partial charge >= 0.3 is 5.97 Å². The fourth-order valence-corrected chi connectivity index (χ4v) is 1.21. The number of methoxy groups -OCH3 is 1. The van der Waals surface area contributed by atoms with Gasteiger partial charge in [0.05, 0.1) is 19.8 Å². The molecule has 1 aliphatic rings. The van der Waals surface area contributed by atoms with Gasteiger partial charge in [0.25, 0.3) is 0 Å². The maximum absolute atomic E-state index is 10.9. The summed E-state index contributed by atoms with van der Waals surface area (Å²) in [6.45, 7) is -0.128. The standard InChI is InChI=1S/C12H15NO5/c1-16-12(15)11(14)8-18-10-5-3-9(4-6-10)7-13-17-2/h3-6,10-11,14H,8H2,1-2H3. The minimum absolute atomic E-state index is 0.128. The van der Waals surface area contributed by atoms with Crippen LogP contribution < -0.4 is 0 Å². The zero-order chi connectivity index (χ0) is 13.4. The minimum atomic E-state index is -1.27. The lowest BCUT2D eigenvalue weighted by molar-refractivity contribution is -0.153. The van der Waals surface area contributed by atoms with E-state index in [0.717, 1.165) is 5.57 Å². The largest absolute Gasteiger partial charge is 0.467 e. The van der Waals surface area contributed by atoms with Crippen LogP contribution in [0.25, 0.3) is 0 Å². The number of carbonyl (C=O) groups is 1. The monoisotopic (exact) mass is 253 g/mol. The van der Waals surface area contributed by atoms with E-state index in [9.17, 15) is 9.90 Å². The van der Waals surface area contributed by atoms with Crippen LogP contribution in [0.15, 0.2) is 35.0 Å². The van der Waals surface area contributed by atoms with Gasteiger partial charge in [0.15, 0.2) is 6.10 Å². The number of hydrogen-bond acceptors (Lipinski definition) is 6. The Morgan fingerprint density at radius 2 is 2.17 bits per heavy atom. The lowest BCUT2D eigenvalue weighted by Gasteiger charge is -2.15. The maximum atomic E-state index is 10.9. The van der Waals surface area contributed by atoms with E-state index in [4.69, 9.17) is 4.74 Å². The van der Waals surface area contributed by atoms with E-state index in [2.05, 4.69) is 20.6 Å². The van der Waals surface area contributed by atoms with Gasteiger partial charge in [-0.05, 0) is 17.3 Å². The number of carbonyl (C=O) groups excluding carboxylic acids is 1. The van der Waals surface area contributed by atoms with E-state index >= 15 is 0 Å². The average molecular weight is 253 g/mol. The summed E-state index contributed by atoms with van der Waals surface area (Å²) in [5.41, 5.74) is 0.741. The Hall–Kier alpha value is -1.88. The molecule has 0 heterocycles. The molecule has 1 atom stereocenters. The van der Waals surface area contributed by atoms with Gasteiger partial charge in [-0.15, -0.1) is 0 Å². The second kappa shape index (κ2) is 7.45. The van der Waals surface area contributed by atoms with Crippen LogP contribution in [0.5, 0.6) is 0 Å². The molecule has 6 nitrogen and oxygen atoms in total. The first-order valence-electron chi connectivity index (χ1n) is 5.27. The van der Waals surface area contributed by atoms with Crippen molar-refractivity contribution in [2.45, 2.75) is 12.2 Å². The lowest BCUT2D eigenvalue weighted by atomic mass is 10.1. The van der Waals surface area contributed by atoms with Crippen molar-refractivity contribution in [3.63, 3.8) is 0 Å². The molecule has 0 saturated heterocycles. The number of ether oxygens (including phenoxy) is 2. The second-order valence-corrected chi connectivity index (χ2v) is 3.40. The Balaban J connectivity index is 2.42. The highest BCUT2D eigenvalue weighted by molar-refractivity contribution is 5.74. The number of aliphatic hydroxyl groups is 1. The van der Waals surface area contributed by atoms with Gasteiger partial charge in [-0.2, -0.15) is 0 Å². The Labute approximate surface area is 105 Å². The number of hydrogen-bond donors (Lipinski definition) is 1. The van der Waals surface area contributed by atoms with Crippen LogP contribution in [0.4, 0.5) is 0 Å². The highest BCUT2D eigenvalue weighted by Gasteiger charge is 2.17. The molecule has 6 heteroatoms. The molecule has 0 amide bonds. The summed E-state index contributed by atoms with van der Waals surface area (Å²) in [5, 5.41) is 12.8. The van der Waals surface area contributed by atoms with Crippen LogP contribution in [0.2, 0.25) is 0 Å². The van der Waals surface area contributed by atoms with Gasteiger partial charge in [-0.25, -0.2) is 4.79 Å². The Bertz CT molecular complexity index is 391. The van der Waals surface area contributed by atoms with Crippen LogP contribution in [-0.4, -0.2) is 50.0 Å². The zero-order valence-electron chi connectivity index (χ0n) is 10.2. The minimum Gasteiger partial charge on any atom is -0.467 e. The summed E-state index contributed by atoms with van der Waals surface area (Å²) in [7, 11) is 2.64. The summed E-state index contributed by atoms with van der Waals surface area (Å²) < 4.78 is 9.66. The van der Waals surface area contributed by atoms with Crippen LogP contribution in [-0.2, 0) is 19.1 Å². The van der Waals surface area contributed by atoms with E-state index in [1.54, 1.807) is 24.3 Å². The van der Waals surface area contributed by atoms with E-state index in [1.807, 2.05) is 0 Å². The predicted molar refractivity (Wildman–Crippen MR) is 64.0 cm³/mol. The van der Waals surface area contributed by atoms with Crippen molar-refractivity contribution in [3.8, 4) is 0 Å². The van der Waals surface area contributed by atoms with Gasteiger partial charge < -0.3 is 19.4 Å². The Morgan fingerprint density at radius 3 is 2.72 bits per heavy atom. The third-order valence-corrected chi connectivity index (χ3v) is 2.12. The molecule has 98 valence electrons. The molecule has 0 radical (unpaired) electrons. The molecule has 0 saturated carbocycles. The summed E-state index contributed by atoms with van der Waals surface area (Å²) >= 11 is 0. The second-order valence-electron chi connectivity index (χ2n) is 3.40. The average Bonchev–Trinajstić information content (AvgIpc) is 2.42. The summed E-state index contributed by atoms with van der Waals surface area (Å²) in [6.07, 6.45) is 5.41. The topological polar surface area (TPSA) is 77.4 Å². The fraction of sp³-hybridized carbons (Fsp3) is 0.417. The van der Waals surface area contributed by atoms with Crippen molar-refractivity contribution in [2.24, 2.45) is 5.16 Å². The first-order valence-corrected chi connectivity index (χ1v) is 5.27. The molecule has 0 bridgehead atoms. The molecular weight excluding hydrogens is 238 g/mol. The third-order valence-electron chi connectivity index (χ3n) is 2.12. The van der Waals surface area contributed by atoms with E-state index < -0.39 is 12.1 Å². The van der Waals surface area contributed by atoms with Crippen molar-refractivity contribution >= 4 is 11.8 Å². The SMILES string of the molecule is CON=C=C1C=CC(OCC(O)C(=O)OC)C=C1. The Morgan fingerprint density at radius 1 is 1.50 bits per heavy atom. The quantitative estimate of drug-likeness (QED) is 0.430. The highest BCUT2D eigenvalue weighted by Crippen LogP contribution is 2.09. The molecule has 0 aliphatic heterocycles. The normalized spacial score (nSPS) is 19.1. The van der Waals surface area contributed by atoms with Crippen molar-refractivity contribution in [1.29, 1.82) is 0 Å². The summed E-state index contributed by atoms with van der Waals surface area (Å²) in [4.78, 5) is 15.4. The number of allylic oxidation sites excluding steroid dienone is 3. The molecule has 1 rings (SSSR count). The molecule has 1 aliphatic carbocycles. The van der Waals surface area contributed by atoms with Gasteiger partial charge in [-0.3, -0.25) is 0 Å². The van der Waals surface area contributed by atoms with Crippen LogP contribution in [0.1, 0.15) is 0 Å². The summed E-state index contributed by atoms with van der Waals surface area (Å²) in [5.74, 6) is 1.93. The molecule has 1 unspecified atom stereocenters. The van der Waals surface area contributed by atoms with Gasteiger partial charge in [-0.1, -0.05) is 12.2 Å². The van der Waals surface area contributed by atoms with Crippen LogP contribution >= 0.6 is 0 Å². The lowest BCUT2D eigenvalue weighted by Crippen LogP contribution is -2.29. The smallest absolute Gasteiger partial charge is 0.337 e. The molecule has 0 aromatic carbocycles. The highest BCUT2D eigenvalue weighted by atomic mass is 16.6. The number of nitrogens with zero attached hydrogens (tertiary/aromatic N) is 1.